The molecule has 1 N–H and O–H groups in total. The minimum Gasteiger partial charge on any atom is -0.297 e. The van der Waals surface area contributed by atoms with Gasteiger partial charge in [0, 0.05) is 29.0 Å². The molecule has 4 rings (SSSR count). The van der Waals surface area contributed by atoms with Crippen molar-refractivity contribution in [3.05, 3.63) is 70.8 Å². The van der Waals surface area contributed by atoms with E-state index < -0.39 is 26.7 Å². The second-order valence-corrected chi connectivity index (χ2v) is 8.98. The zero-order chi connectivity index (χ0) is 20.8. The van der Waals surface area contributed by atoms with Gasteiger partial charge in [-0.05, 0) is 30.3 Å². The van der Waals surface area contributed by atoms with Crippen LogP contribution in [0.1, 0.15) is 5.56 Å². The van der Waals surface area contributed by atoms with Crippen LogP contribution >= 0.6 is 22.9 Å². The maximum atomic E-state index is 12.9. The van der Waals surface area contributed by atoms with Crippen LogP contribution in [0.25, 0.3) is 16.2 Å². The zero-order valence-electron chi connectivity index (χ0n) is 14.3. The first kappa shape index (κ1) is 19.7. The normalized spacial score (nSPS) is 12.4. The standard InChI is InChI=1S/C18H11ClF3N3O2S2/c19-14-6-3-12(18(20,21)22)9-16(14)29(26,27)24-13-4-1-11(2-5-13)15-10-25-7-8-28-17(25)23-15/h1-10,24H. The van der Waals surface area contributed by atoms with Crippen LogP contribution in [0.15, 0.2) is 65.1 Å². The molecular weight excluding hydrogens is 447 g/mol. The first-order valence-electron chi connectivity index (χ1n) is 8.06. The molecular formula is C18H11ClF3N3O2S2. The summed E-state index contributed by atoms with van der Waals surface area (Å²) in [4.78, 5) is 4.64. The molecule has 0 fully saturated rings. The molecule has 4 aromatic rings. The second-order valence-electron chi connectivity index (χ2n) is 6.04. The number of anilines is 1. The van der Waals surface area contributed by atoms with Gasteiger partial charge in [-0.15, -0.1) is 11.3 Å². The van der Waals surface area contributed by atoms with Gasteiger partial charge in [0.05, 0.1) is 16.3 Å². The molecule has 150 valence electrons. The van der Waals surface area contributed by atoms with Gasteiger partial charge in [-0.2, -0.15) is 13.2 Å². The second kappa shape index (κ2) is 7.05. The molecule has 0 aliphatic carbocycles. The maximum absolute atomic E-state index is 12.9. The van der Waals surface area contributed by atoms with E-state index >= 15 is 0 Å². The number of sulfonamides is 1. The minimum atomic E-state index is -4.69. The SMILES string of the molecule is O=S(=O)(Nc1ccc(-c2cn3ccsc3n2)cc1)c1cc(C(F)(F)F)ccc1Cl. The van der Waals surface area contributed by atoms with Crippen molar-refractivity contribution in [2.45, 2.75) is 11.1 Å². The summed E-state index contributed by atoms with van der Waals surface area (Å²) < 4.78 is 68.0. The predicted molar refractivity (Wildman–Crippen MR) is 106 cm³/mol. The summed E-state index contributed by atoms with van der Waals surface area (Å²) >= 11 is 7.32. The monoisotopic (exact) mass is 457 g/mol. The van der Waals surface area contributed by atoms with Gasteiger partial charge in [-0.25, -0.2) is 13.4 Å². The van der Waals surface area contributed by atoms with E-state index in [1.807, 2.05) is 22.2 Å². The van der Waals surface area contributed by atoms with Crippen LogP contribution in [0.2, 0.25) is 5.02 Å². The average molecular weight is 458 g/mol. The topological polar surface area (TPSA) is 63.5 Å². The Morgan fingerprint density at radius 2 is 1.83 bits per heavy atom. The molecule has 0 spiro atoms. The van der Waals surface area contributed by atoms with E-state index in [1.165, 1.54) is 23.5 Å². The van der Waals surface area contributed by atoms with E-state index in [9.17, 15) is 21.6 Å². The summed E-state index contributed by atoms with van der Waals surface area (Å²) in [7, 11) is -4.32. The summed E-state index contributed by atoms with van der Waals surface area (Å²) in [6.07, 6.45) is -0.972. The lowest BCUT2D eigenvalue weighted by Gasteiger charge is -2.13. The first-order chi connectivity index (χ1) is 13.6. The van der Waals surface area contributed by atoms with Crippen LogP contribution < -0.4 is 4.72 Å². The number of benzene rings is 2. The van der Waals surface area contributed by atoms with Gasteiger partial charge >= 0.3 is 6.18 Å². The molecule has 0 aliphatic rings. The fraction of sp³-hybridized carbons (Fsp3) is 0.0556. The van der Waals surface area contributed by atoms with E-state index in [0.717, 1.165) is 22.7 Å². The summed E-state index contributed by atoms with van der Waals surface area (Å²) in [5, 5.41) is 1.60. The number of hydrogen-bond donors (Lipinski definition) is 1. The molecule has 0 unspecified atom stereocenters. The van der Waals surface area contributed by atoms with Gasteiger partial charge in [0.2, 0.25) is 0 Å². The number of thiazole rings is 1. The van der Waals surface area contributed by atoms with Gasteiger partial charge in [-0.1, -0.05) is 23.7 Å². The molecule has 0 aliphatic heterocycles. The molecule has 2 heterocycles. The van der Waals surface area contributed by atoms with E-state index in [4.69, 9.17) is 11.6 Å². The van der Waals surface area contributed by atoms with Crippen LogP contribution in [0.4, 0.5) is 18.9 Å². The average Bonchev–Trinajstić information content (AvgIpc) is 3.23. The van der Waals surface area contributed by atoms with E-state index in [2.05, 4.69) is 9.71 Å². The molecule has 0 radical (unpaired) electrons. The first-order valence-corrected chi connectivity index (χ1v) is 10.8. The largest absolute Gasteiger partial charge is 0.416 e. The van der Waals surface area contributed by atoms with Crippen molar-refractivity contribution in [3.8, 4) is 11.3 Å². The lowest BCUT2D eigenvalue weighted by Crippen LogP contribution is -2.15. The number of nitrogens with zero attached hydrogens (tertiary/aromatic N) is 2. The summed E-state index contributed by atoms with van der Waals surface area (Å²) in [6.45, 7) is 0. The number of fused-ring (bicyclic) bond motifs is 1. The Morgan fingerprint density at radius 1 is 1.10 bits per heavy atom. The van der Waals surface area contributed by atoms with Crippen molar-refractivity contribution in [3.63, 3.8) is 0 Å². The van der Waals surface area contributed by atoms with Gasteiger partial charge in [-0.3, -0.25) is 9.12 Å². The fourth-order valence-corrected chi connectivity index (χ4v) is 4.96. The molecule has 11 heteroatoms. The number of alkyl halides is 3. The van der Waals surface area contributed by atoms with E-state index in [-0.39, 0.29) is 10.7 Å². The van der Waals surface area contributed by atoms with Gasteiger partial charge < -0.3 is 0 Å². The van der Waals surface area contributed by atoms with Crippen LogP contribution in [0.5, 0.6) is 0 Å². The van der Waals surface area contributed by atoms with Crippen molar-refractivity contribution < 1.29 is 21.6 Å². The third-order valence-electron chi connectivity index (χ3n) is 4.07. The molecule has 0 bridgehead atoms. The lowest BCUT2D eigenvalue weighted by atomic mass is 10.1. The Kier molecular flexibility index (Phi) is 4.80. The number of halogens is 4. The third-order valence-corrected chi connectivity index (χ3v) is 6.71. The Morgan fingerprint density at radius 3 is 2.48 bits per heavy atom. The number of nitrogens with one attached hydrogen (secondary N) is 1. The van der Waals surface area contributed by atoms with E-state index in [1.54, 1.807) is 12.1 Å². The highest BCUT2D eigenvalue weighted by molar-refractivity contribution is 7.92. The fourth-order valence-electron chi connectivity index (χ4n) is 2.67. The molecule has 0 amide bonds. The van der Waals surface area contributed by atoms with Gasteiger partial charge in [0.15, 0.2) is 4.96 Å². The highest BCUT2D eigenvalue weighted by Gasteiger charge is 2.32. The van der Waals surface area contributed by atoms with Crippen LogP contribution in [-0.4, -0.2) is 17.8 Å². The Labute approximate surface area is 172 Å². The van der Waals surface area contributed by atoms with Crippen LogP contribution in [0, 0.1) is 0 Å². The van der Waals surface area contributed by atoms with Gasteiger partial charge in [0.1, 0.15) is 4.90 Å². The van der Waals surface area contributed by atoms with Crippen molar-refractivity contribution >= 4 is 43.6 Å². The molecule has 29 heavy (non-hydrogen) atoms. The van der Waals surface area contributed by atoms with Crippen molar-refractivity contribution in [1.82, 2.24) is 9.38 Å². The molecule has 0 atom stereocenters. The lowest BCUT2D eigenvalue weighted by molar-refractivity contribution is -0.137. The van der Waals surface area contributed by atoms with E-state index in [0.29, 0.717) is 11.8 Å². The zero-order valence-corrected chi connectivity index (χ0v) is 16.7. The predicted octanol–water partition coefficient (Wildman–Crippen LogP) is 5.54. The molecule has 2 aromatic heterocycles. The Bertz CT molecular complexity index is 1270. The Balaban J connectivity index is 1.61. The summed E-state index contributed by atoms with van der Waals surface area (Å²) in [5.74, 6) is 0. The van der Waals surface area contributed by atoms with Crippen molar-refractivity contribution in [1.29, 1.82) is 0 Å². The molecule has 0 saturated heterocycles. The summed E-state index contributed by atoms with van der Waals surface area (Å²) in [6, 6.07) is 8.48. The van der Waals surface area contributed by atoms with Crippen molar-refractivity contribution in [2.75, 3.05) is 4.72 Å². The molecule has 5 nitrogen and oxygen atoms in total. The number of aromatic nitrogens is 2. The Hall–Kier alpha value is -2.56. The number of rotatable bonds is 4. The highest BCUT2D eigenvalue weighted by Crippen LogP contribution is 2.34. The third kappa shape index (κ3) is 3.96. The summed E-state index contributed by atoms with van der Waals surface area (Å²) in [5.41, 5.74) is 0.564. The molecule has 0 saturated carbocycles. The highest BCUT2D eigenvalue weighted by atomic mass is 35.5. The van der Waals surface area contributed by atoms with Gasteiger partial charge in [0.25, 0.3) is 10.0 Å². The van der Waals surface area contributed by atoms with Crippen LogP contribution in [-0.2, 0) is 16.2 Å². The number of imidazole rings is 1. The smallest absolute Gasteiger partial charge is 0.297 e. The minimum absolute atomic E-state index is 0.184. The van der Waals surface area contributed by atoms with Crippen LogP contribution in [0.3, 0.4) is 0 Å². The molecule has 2 aromatic carbocycles. The quantitative estimate of drug-likeness (QED) is 0.438. The maximum Gasteiger partial charge on any atom is 0.416 e. The number of hydrogen-bond acceptors (Lipinski definition) is 4. The van der Waals surface area contributed by atoms with Crippen molar-refractivity contribution in [2.24, 2.45) is 0 Å².